The molecule has 1 aromatic rings. The number of hydrogen-bond donors (Lipinski definition) is 1. The fourth-order valence-corrected chi connectivity index (χ4v) is 2.27. The highest BCUT2D eigenvalue weighted by molar-refractivity contribution is 7.97. The van der Waals surface area contributed by atoms with Crippen molar-refractivity contribution in [2.45, 2.75) is 5.75 Å². The highest BCUT2D eigenvalue weighted by atomic mass is 32.2. The SMILES string of the molecule is COCCN(CC(=O)O)C(=O)c1cccc(CSC)c1. The maximum Gasteiger partial charge on any atom is 0.323 e. The van der Waals surface area contributed by atoms with Crippen LogP contribution < -0.4 is 0 Å². The van der Waals surface area contributed by atoms with Crippen molar-refractivity contribution in [3.63, 3.8) is 0 Å². The standard InChI is InChI=1S/C14H19NO4S/c1-19-7-6-15(9-13(16)17)14(18)12-5-3-4-11(8-12)10-20-2/h3-5,8H,6-7,9-10H2,1-2H3,(H,16,17). The normalized spacial score (nSPS) is 10.3. The van der Waals surface area contributed by atoms with Crippen LogP contribution in [-0.4, -0.2) is 54.9 Å². The second-order valence-corrected chi connectivity index (χ2v) is 5.11. The Balaban J connectivity index is 2.86. The summed E-state index contributed by atoms with van der Waals surface area (Å²) in [6.45, 7) is 0.243. The number of hydrogen-bond acceptors (Lipinski definition) is 4. The van der Waals surface area contributed by atoms with Gasteiger partial charge in [-0.3, -0.25) is 9.59 Å². The maximum absolute atomic E-state index is 12.3. The smallest absolute Gasteiger partial charge is 0.323 e. The second-order valence-electron chi connectivity index (χ2n) is 4.25. The van der Waals surface area contributed by atoms with E-state index < -0.39 is 5.97 Å². The zero-order valence-corrected chi connectivity index (χ0v) is 12.5. The molecule has 0 bridgehead atoms. The molecule has 0 aliphatic rings. The molecule has 0 fully saturated rings. The van der Waals surface area contributed by atoms with Crippen LogP contribution >= 0.6 is 11.8 Å². The molecule has 0 aromatic heterocycles. The molecule has 0 heterocycles. The number of methoxy groups -OCH3 is 1. The Morgan fingerprint density at radius 1 is 1.40 bits per heavy atom. The third-order valence-electron chi connectivity index (χ3n) is 2.66. The van der Waals surface area contributed by atoms with E-state index in [9.17, 15) is 9.59 Å². The Morgan fingerprint density at radius 3 is 2.75 bits per heavy atom. The molecule has 110 valence electrons. The van der Waals surface area contributed by atoms with Crippen molar-refractivity contribution in [3.8, 4) is 0 Å². The van der Waals surface area contributed by atoms with E-state index in [1.807, 2.05) is 18.4 Å². The van der Waals surface area contributed by atoms with Crippen LogP contribution in [0.3, 0.4) is 0 Å². The van der Waals surface area contributed by atoms with E-state index in [2.05, 4.69) is 0 Å². The molecule has 0 spiro atoms. The van der Waals surface area contributed by atoms with Crippen LogP contribution in [0, 0.1) is 0 Å². The topological polar surface area (TPSA) is 66.8 Å². The fourth-order valence-electron chi connectivity index (χ4n) is 1.76. The van der Waals surface area contributed by atoms with Crippen LogP contribution in [0.2, 0.25) is 0 Å². The molecule has 0 saturated heterocycles. The van der Waals surface area contributed by atoms with Gasteiger partial charge in [-0.25, -0.2) is 0 Å². The number of carboxylic acids is 1. The van der Waals surface area contributed by atoms with Gasteiger partial charge in [-0.1, -0.05) is 12.1 Å². The van der Waals surface area contributed by atoms with Crippen molar-refractivity contribution in [3.05, 3.63) is 35.4 Å². The Labute approximate surface area is 122 Å². The average molecular weight is 297 g/mol. The molecule has 0 aliphatic carbocycles. The van der Waals surface area contributed by atoms with Crippen LogP contribution in [0.1, 0.15) is 15.9 Å². The van der Waals surface area contributed by atoms with E-state index in [0.717, 1.165) is 11.3 Å². The summed E-state index contributed by atoms with van der Waals surface area (Å²) in [4.78, 5) is 24.5. The van der Waals surface area contributed by atoms with E-state index in [1.165, 1.54) is 12.0 Å². The number of carbonyl (C=O) groups is 2. The predicted octanol–water partition coefficient (Wildman–Crippen LogP) is 1.72. The van der Waals surface area contributed by atoms with Crippen LogP contribution in [0.5, 0.6) is 0 Å². The largest absolute Gasteiger partial charge is 0.480 e. The van der Waals surface area contributed by atoms with Gasteiger partial charge < -0.3 is 14.7 Å². The van der Waals surface area contributed by atoms with Gasteiger partial charge in [0, 0.05) is 25.0 Å². The molecule has 20 heavy (non-hydrogen) atoms. The first-order valence-corrected chi connectivity index (χ1v) is 7.55. The number of carboxylic acid groups (broad SMARTS) is 1. The van der Waals surface area contributed by atoms with Crippen molar-refractivity contribution in [1.82, 2.24) is 4.90 Å². The minimum Gasteiger partial charge on any atom is -0.480 e. The van der Waals surface area contributed by atoms with Gasteiger partial charge in [-0.05, 0) is 24.0 Å². The molecule has 1 aromatic carbocycles. The number of amides is 1. The molecule has 0 unspecified atom stereocenters. The Morgan fingerprint density at radius 2 is 2.15 bits per heavy atom. The van der Waals surface area contributed by atoms with Crippen molar-refractivity contribution in [2.24, 2.45) is 0 Å². The van der Waals surface area contributed by atoms with Gasteiger partial charge in [0.05, 0.1) is 6.61 Å². The van der Waals surface area contributed by atoms with Crippen LogP contribution in [0.15, 0.2) is 24.3 Å². The molecule has 6 heteroatoms. The minimum atomic E-state index is -1.03. The lowest BCUT2D eigenvalue weighted by Crippen LogP contribution is -2.38. The number of thioether (sulfide) groups is 1. The van der Waals surface area contributed by atoms with Gasteiger partial charge in [0.15, 0.2) is 0 Å². The van der Waals surface area contributed by atoms with Gasteiger partial charge in [0.25, 0.3) is 5.91 Å². The summed E-state index contributed by atoms with van der Waals surface area (Å²) in [5, 5.41) is 8.88. The number of benzene rings is 1. The lowest BCUT2D eigenvalue weighted by molar-refractivity contribution is -0.137. The quantitative estimate of drug-likeness (QED) is 0.791. The monoisotopic (exact) mass is 297 g/mol. The predicted molar refractivity (Wildman–Crippen MR) is 79.1 cm³/mol. The van der Waals surface area contributed by atoms with Crippen molar-refractivity contribution < 1.29 is 19.4 Å². The van der Waals surface area contributed by atoms with E-state index in [-0.39, 0.29) is 19.0 Å². The van der Waals surface area contributed by atoms with E-state index in [0.29, 0.717) is 12.2 Å². The first-order valence-electron chi connectivity index (χ1n) is 6.16. The summed E-state index contributed by atoms with van der Waals surface area (Å²) < 4.78 is 4.91. The second kappa shape index (κ2) is 8.60. The Hall–Kier alpha value is -1.53. The van der Waals surface area contributed by atoms with Gasteiger partial charge >= 0.3 is 5.97 Å². The van der Waals surface area contributed by atoms with Crippen LogP contribution in [0.25, 0.3) is 0 Å². The Kier molecular flexibility index (Phi) is 7.11. The van der Waals surface area contributed by atoms with Gasteiger partial charge in [0.2, 0.25) is 0 Å². The summed E-state index contributed by atoms with van der Waals surface area (Å²) in [7, 11) is 1.52. The third-order valence-corrected chi connectivity index (χ3v) is 3.29. The first kappa shape index (κ1) is 16.5. The summed E-state index contributed by atoms with van der Waals surface area (Å²) >= 11 is 1.67. The molecule has 1 N–H and O–H groups in total. The van der Waals surface area contributed by atoms with Crippen LogP contribution in [-0.2, 0) is 15.3 Å². The molecule has 1 rings (SSSR count). The number of aliphatic carboxylic acids is 1. The number of ether oxygens (including phenoxy) is 1. The highest BCUT2D eigenvalue weighted by Gasteiger charge is 2.18. The van der Waals surface area contributed by atoms with Crippen molar-refractivity contribution >= 4 is 23.6 Å². The molecule has 0 radical (unpaired) electrons. The fraction of sp³-hybridized carbons (Fsp3) is 0.429. The number of carbonyl (C=O) groups excluding carboxylic acids is 1. The van der Waals surface area contributed by atoms with E-state index >= 15 is 0 Å². The maximum atomic E-state index is 12.3. The zero-order chi connectivity index (χ0) is 15.0. The average Bonchev–Trinajstić information content (AvgIpc) is 2.43. The van der Waals surface area contributed by atoms with Crippen molar-refractivity contribution in [2.75, 3.05) is 33.1 Å². The molecular formula is C14H19NO4S. The third kappa shape index (κ3) is 5.22. The van der Waals surface area contributed by atoms with Crippen molar-refractivity contribution in [1.29, 1.82) is 0 Å². The Bertz CT molecular complexity index is 464. The summed E-state index contributed by atoms with van der Waals surface area (Å²) in [6.07, 6.45) is 1.99. The molecule has 0 saturated carbocycles. The summed E-state index contributed by atoms with van der Waals surface area (Å²) in [5.74, 6) is -0.500. The van der Waals surface area contributed by atoms with E-state index in [4.69, 9.17) is 9.84 Å². The zero-order valence-electron chi connectivity index (χ0n) is 11.7. The molecule has 0 aliphatic heterocycles. The summed E-state index contributed by atoms with van der Waals surface area (Å²) in [5.41, 5.74) is 1.55. The lowest BCUT2D eigenvalue weighted by atomic mass is 10.1. The molecule has 0 atom stereocenters. The van der Waals surface area contributed by atoms with Crippen LogP contribution in [0.4, 0.5) is 0 Å². The molecular weight excluding hydrogens is 278 g/mol. The molecule has 5 nitrogen and oxygen atoms in total. The van der Waals surface area contributed by atoms with Gasteiger partial charge in [-0.2, -0.15) is 11.8 Å². The lowest BCUT2D eigenvalue weighted by Gasteiger charge is -2.20. The van der Waals surface area contributed by atoms with Gasteiger partial charge in [0.1, 0.15) is 6.54 Å². The van der Waals surface area contributed by atoms with Gasteiger partial charge in [-0.15, -0.1) is 0 Å². The minimum absolute atomic E-state index is 0.258. The number of nitrogens with zero attached hydrogens (tertiary/aromatic N) is 1. The van der Waals surface area contributed by atoms with E-state index in [1.54, 1.807) is 23.9 Å². The first-order chi connectivity index (χ1) is 9.58. The highest BCUT2D eigenvalue weighted by Crippen LogP contribution is 2.13. The summed E-state index contributed by atoms with van der Waals surface area (Å²) in [6, 6.07) is 7.27. The molecule has 1 amide bonds. The number of rotatable bonds is 8.